The maximum atomic E-state index is 10.7. The van der Waals surface area contributed by atoms with Gasteiger partial charge in [0.2, 0.25) is 0 Å². The van der Waals surface area contributed by atoms with Gasteiger partial charge in [0.25, 0.3) is 0 Å². The van der Waals surface area contributed by atoms with Crippen LogP contribution in [0.1, 0.15) is 21.6 Å². The van der Waals surface area contributed by atoms with Gasteiger partial charge in [-0.05, 0) is 18.2 Å². The summed E-state index contributed by atoms with van der Waals surface area (Å²) in [7, 11) is 0. The van der Waals surface area contributed by atoms with Crippen molar-refractivity contribution < 1.29 is 15.0 Å². The topological polar surface area (TPSA) is 82.5 Å². The molecule has 2 aromatic rings. The number of hydrogen-bond acceptors (Lipinski definition) is 4. The van der Waals surface area contributed by atoms with Crippen molar-refractivity contribution in [1.29, 1.82) is 0 Å². The third-order valence-electron chi connectivity index (χ3n) is 2.68. The van der Waals surface area contributed by atoms with E-state index in [0.717, 1.165) is 11.3 Å². The number of carboxylic acids is 1. The molecule has 0 amide bonds. The number of pyridine rings is 1. The van der Waals surface area contributed by atoms with Crippen LogP contribution in [0.4, 0.5) is 0 Å². The van der Waals surface area contributed by atoms with Crippen molar-refractivity contribution in [1.82, 2.24) is 10.3 Å². The van der Waals surface area contributed by atoms with Crippen LogP contribution in [-0.4, -0.2) is 21.2 Å². The predicted octanol–water partition coefficient (Wildman–Crippen LogP) is 1.78. The molecule has 0 fully saturated rings. The number of aromatic hydroxyl groups is 1. The Hall–Kier alpha value is -2.40. The van der Waals surface area contributed by atoms with Gasteiger partial charge >= 0.3 is 5.97 Å². The monoisotopic (exact) mass is 258 g/mol. The van der Waals surface area contributed by atoms with Crippen molar-refractivity contribution in [2.75, 3.05) is 0 Å². The fraction of sp³-hybridized carbons (Fsp3) is 0.143. The summed E-state index contributed by atoms with van der Waals surface area (Å²) in [5.41, 5.74) is 1.73. The van der Waals surface area contributed by atoms with Crippen molar-refractivity contribution in [2.45, 2.75) is 13.1 Å². The van der Waals surface area contributed by atoms with Gasteiger partial charge in [-0.1, -0.05) is 18.2 Å². The first-order valence-corrected chi connectivity index (χ1v) is 5.82. The number of para-hydroxylation sites is 1. The van der Waals surface area contributed by atoms with Crippen LogP contribution in [0.5, 0.6) is 5.75 Å². The molecule has 0 unspecified atom stereocenters. The Morgan fingerprint density at radius 1 is 1.16 bits per heavy atom. The quantitative estimate of drug-likeness (QED) is 0.761. The highest BCUT2D eigenvalue weighted by molar-refractivity contribution is 5.87. The van der Waals surface area contributed by atoms with Gasteiger partial charge in [-0.2, -0.15) is 0 Å². The van der Waals surface area contributed by atoms with Crippen LogP contribution >= 0.6 is 0 Å². The molecule has 1 aromatic carbocycles. The molecule has 0 spiro atoms. The number of carbonyl (C=O) groups is 1. The van der Waals surface area contributed by atoms with Gasteiger partial charge < -0.3 is 15.5 Å². The van der Waals surface area contributed by atoms with E-state index in [-0.39, 0.29) is 11.3 Å². The smallest absolute Gasteiger partial charge is 0.337 e. The summed E-state index contributed by atoms with van der Waals surface area (Å²) in [6.45, 7) is 1.03. The minimum absolute atomic E-state index is 0.171. The summed E-state index contributed by atoms with van der Waals surface area (Å²) < 4.78 is 0. The second kappa shape index (κ2) is 5.97. The number of rotatable bonds is 5. The lowest BCUT2D eigenvalue weighted by Crippen LogP contribution is -2.14. The number of nitrogens with zero attached hydrogens (tertiary/aromatic N) is 1. The summed E-state index contributed by atoms with van der Waals surface area (Å²) in [5.74, 6) is -0.731. The first-order valence-electron chi connectivity index (χ1n) is 5.82. The van der Waals surface area contributed by atoms with Gasteiger partial charge in [0.1, 0.15) is 5.75 Å². The van der Waals surface area contributed by atoms with Crippen LogP contribution < -0.4 is 5.32 Å². The lowest BCUT2D eigenvalue weighted by atomic mass is 10.2. The molecule has 1 heterocycles. The molecule has 0 aliphatic rings. The third-order valence-corrected chi connectivity index (χ3v) is 2.68. The second-order valence-corrected chi connectivity index (χ2v) is 4.08. The number of phenolic OH excluding ortho intramolecular Hbond substituents is 1. The fourth-order valence-corrected chi connectivity index (χ4v) is 1.64. The van der Waals surface area contributed by atoms with Crippen molar-refractivity contribution in [2.24, 2.45) is 0 Å². The SMILES string of the molecule is O=C(O)c1ccc(CNCc2ccccc2O)nc1. The average Bonchev–Trinajstić information content (AvgIpc) is 2.41. The number of phenols is 1. The van der Waals surface area contributed by atoms with Crippen LogP contribution in [-0.2, 0) is 13.1 Å². The molecule has 2 rings (SSSR count). The highest BCUT2D eigenvalue weighted by Crippen LogP contribution is 2.14. The highest BCUT2D eigenvalue weighted by Gasteiger charge is 2.03. The number of nitrogens with one attached hydrogen (secondary N) is 1. The summed E-state index contributed by atoms with van der Waals surface area (Å²) in [6, 6.07) is 10.3. The zero-order chi connectivity index (χ0) is 13.7. The molecule has 3 N–H and O–H groups in total. The van der Waals surface area contributed by atoms with E-state index in [1.807, 2.05) is 12.1 Å². The van der Waals surface area contributed by atoms with Crippen molar-refractivity contribution in [3.05, 3.63) is 59.4 Å². The fourth-order valence-electron chi connectivity index (χ4n) is 1.64. The molecule has 0 atom stereocenters. The van der Waals surface area contributed by atoms with E-state index in [0.29, 0.717) is 13.1 Å². The zero-order valence-corrected chi connectivity index (χ0v) is 10.2. The maximum Gasteiger partial charge on any atom is 0.337 e. The maximum absolute atomic E-state index is 10.7. The van der Waals surface area contributed by atoms with Crippen LogP contribution in [0.3, 0.4) is 0 Å². The molecule has 0 aliphatic heterocycles. The predicted molar refractivity (Wildman–Crippen MR) is 69.8 cm³/mol. The molecule has 98 valence electrons. The number of carboxylic acid groups (broad SMARTS) is 1. The van der Waals surface area contributed by atoms with Gasteiger partial charge in [-0.25, -0.2) is 4.79 Å². The first-order chi connectivity index (χ1) is 9.16. The molecule has 0 bridgehead atoms. The Morgan fingerprint density at radius 2 is 1.95 bits per heavy atom. The van der Waals surface area contributed by atoms with Gasteiger partial charge in [0, 0.05) is 24.8 Å². The summed E-state index contributed by atoms with van der Waals surface area (Å²) >= 11 is 0. The van der Waals surface area contributed by atoms with E-state index in [4.69, 9.17) is 5.11 Å². The average molecular weight is 258 g/mol. The van der Waals surface area contributed by atoms with E-state index >= 15 is 0 Å². The summed E-state index contributed by atoms with van der Waals surface area (Å²) in [5, 5.41) is 21.5. The van der Waals surface area contributed by atoms with Crippen LogP contribution in [0.25, 0.3) is 0 Å². The summed E-state index contributed by atoms with van der Waals surface area (Å²) in [6.07, 6.45) is 1.33. The van der Waals surface area contributed by atoms with Crippen LogP contribution in [0.15, 0.2) is 42.6 Å². The normalized spacial score (nSPS) is 10.3. The lowest BCUT2D eigenvalue weighted by Gasteiger charge is -2.06. The Bertz CT molecular complexity index is 567. The van der Waals surface area contributed by atoms with Crippen molar-refractivity contribution in [3.63, 3.8) is 0 Å². The number of aromatic nitrogens is 1. The van der Waals surface area contributed by atoms with Crippen LogP contribution in [0.2, 0.25) is 0 Å². The van der Waals surface area contributed by atoms with Gasteiger partial charge in [-0.3, -0.25) is 4.98 Å². The second-order valence-electron chi connectivity index (χ2n) is 4.08. The van der Waals surface area contributed by atoms with E-state index in [2.05, 4.69) is 10.3 Å². The van der Waals surface area contributed by atoms with E-state index < -0.39 is 5.97 Å². The third kappa shape index (κ3) is 3.53. The van der Waals surface area contributed by atoms with Crippen molar-refractivity contribution in [3.8, 4) is 5.75 Å². The molecular formula is C14H14N2O3. The standard InChI is InChI=1S/C14H14N2O3/c17-13-4-2-1-3-10(13)7-15-9-12-6-5-11(8-16-12)14(18)19/h1-6,8,15,17H,7,9H2,(H,18,19). The number of benzene rings is 1. The first kappa shape index (κ1) is 13.0. The molecule has 0 aliphatic carbocycles. The Morgan fingerprint density at radius 3 is 2.58 bits per heavy atom. The molecule has 1 aromatic heterocycles. The minimum Gasteiger partial charge on any atom is -0.508 e. The Labute approximate surface area is 110 Å². The van der Waals surface area contributed by atoms with Crippen molar-refractivity contribution >= 4 is 5.97 Å². The molecule has 5 nitrogen and oxygen atoms in total. The molecule has 0 saturated carbocycles. The zero-order valence-electron chi connectivity index (χ0n) is 10.2. The molecule has 0 radical (unpaired) electrons. The Kier molecular flexibility index (Phi) is 4.10. The number of aromatic carboxylic acids is 1. The largest absolute Gasteiger partial charge is 0.508 e. The van der Waals surface area contributed by atoms with Gasteiger partial charge in [0.15, 0.2) is 0 Å². The number of hydrogen-bond donors (Lipinski definition) is 3. The minimum atomic E-state index is -0.985. The molecule has 19 heavy (non-hydrogen) atoms. The van der Waals surface area contributed by atoms with E-state index in [9.17, 15) is 9.90 Å². The molecule has 0 saturated heterocycles. The lowest BCUT2D eigenvalue weighted by molar-refractivity contribution is 0.0696. The molecule has 5 heteroatoms. The molecular weight excluding hydrogens is 244 g/mol. The van der Waals surface area contributed by atoms with E-state index in [1.165, 1.54) is 12.3 Å². The van der Waals surface area contributed by atoms with Crippen LogP contribution in [0, 0.1) is 0 Å². The highest BCUT2D eigenvalue weighted by atomic mass is 16.4. The van der Waals surface area contributed by atoms with Gasteiger partial charge in [-0.15, -0.1) is 0 Å². The summed E-state index contributed by atoms with van der Waals surface area (Å²) in [4.78, 5) is 14.7. The Balaban J connectivity index is 1.89. The van der Waals surface area contributed by atoms with Gasteiger partial charge in [0.05, 0.1) is 11.3 Å². The van der Waals surface area contributed by atoms with E-state index in [1.54, 1.807) is 18.2 Å².